The van der Waals surface area contributed by atoms with Crippen LogP contribution in [0.15, 0.2) is 30.3 Å². The molecule has 4 nitrogen and oxygen atoms in total. The van der Waals surface area contributed by atoms with E-state index in [1.807, 2.05) is 13.0 Å². The maximum Gasteiger partial charge on any atom is 0.261 e. The van der Waals surface area contributed by atoms with Crippen LogP contribution in [0.25, 0.3) is 15.9 Å². The molecule has 2 aromatic heterocycles. The molecule has 0 fully saturated rings. The van der Waals surface area contributed by atoms with Gasteiger partial charge in [-0.3, -0.25) is 4.79 Å². The molecular weight excluding hydrogens is 313 g/mol. The summed E-state index contributed by atoms with van der Waals surface area (Å²) in [5.41, 5.74) is 1.64. The summed E-state index contributed by atoms with van der Waals surface area (Å²) < 4.78 is 14.9. The van der Waals surface area contributed by atoms with Gasteiger partial charge in [-0.25, -0.2) is 9.07 Å². The Labute approximate surface area is 137 Å². The van der Waals surface area contributed by atoms with Gasteiger partial charge in [0, 0.05) is 11.9 Å². The molecule has 6 heteroatoms. The van der Waals surface area contributed by atoms with E-state index in [1.165, 1.54) is 23.5 Å². The predicted octanol–water partition coefficient (Wildman–Crippen LogP) is 4.06. The molecule has 0 atom stereocenters. The number of fused-ring (bicyclic) bond motifs is 1. The van der Waals surface area contributed by atoms with Crippen LogP contribution >= 0.6 is 11.3 Å². The SMILES string of the molecule is CCCCNC(=O)c1cc2c(C)nn(-c3ccc(F)cc3)c2s1. The summed E-state index contributed by atoms with van der Waals surface area (Å²) in [6.07, 6.45) is 2.02. The molecule has 3 aromatic rings. The number of hydrogen-bond donors (Lipinski definition) is 1. The summed E-state index contributed by atoms with van der Waals surface area (Å²) in [4.78, 5) is 13.8. The van der Waals surface area contributed by atoms with Crippen LogP contribution in [0.3, 0.4) is 0 Å². The van der Waals surface area contributed by atoms with Gasteiger partial charge in [0.05, 0.1) is 16.3 Å². The number of thiophene rings is 1. The van der Waals surface area contributed by atoms with E-state index in [-0.39, 0.29) is 11.7 Å². The Morgan fingerprint density at radius 3 is 2.78 bits per heavy atom. The lowest BCUT2D eigenvalue weighted by Gasteiger charge is -2.02. The zero-order chi connectivity index (χ0) is 16.4. The van der Waals surface area contributed by atoms with E-state index >= 15 is 0 Å². The van der Waals surface area contributed by atoms with E-state index in [9.17, 15) is 9.18 Å². The zero-order valence-electron chi connectivity index (χ0n) is 13.1. The van der Waals surface area contributed by atoms with Crippen molar-refractivity contribution >= 4 is 27.5 Å². The predicted molar refractivity (Wildman–Crippen MR) is 90.9 cm³/mol. The topological polar surface area (TPSA) is 46.9 Å². The summed E-state index contributed by atoms with van der Waals surface area (Å²) in [6, 6.07) is 8.06. The summed E-state index contributed by atoms with van der Waals surface area (Å²) in [5, 5.41) is 8.39. The van der Waals surface area contributed by atoms with E-state index in [4.69, 9.17) is 0 Å². The number of amides is 1. The van der Waals surface area contributed by atoms with Gasteiger partial charge in [0.25, 0.3) is 5.91 Å². The summed E-state index contributed by atoms with van der Waals surface area (Å²) >= 11 is 1.40. The first kappa shape index (κ1) is 15.7. The molecule has 0 aliphatic carbocycles. The van der Waals surface area contributed by atoms with Gasteiger partial charge in [-0.15, -0.1) is 11.3 Å². The Balaban J connectivity index is 1.95. The highest BCUT2D eigenvalue weighted by Crippen LogP contribution is 2.30. The van der Waals surface area contributed by atoms with Crippen LogP contribution in [-0.4, -0.2) is 22.2 Å². The van der Waals surface area contributed by atoms with Gasteiger partial charge < -0.3 is 5.32 Å². The molecule has 0 aliphatic heterocycles. The lowest BCUT2D eigenvalue weighted by atomic mass is 10.3. The van der Waals surface area contributed by atoms with Gasteiger partial charge in [-0.1, -0.05) is 13.3 Å². The molecule has 1 amide bonds. The average molecular weight is 331 g/mol. The van der Waals surface area contributed by atoms with E-state index in [1.54, 1.807) is 16.8 Å². The quantitative estimate of drug-likeness (QED) is 0.717. The number of nitrogens with one attached hydrogen (secondary N) is 1. The van der Waals surface area contributed by atoms with Crippen molar-refractivity contribution in [2.75, 3.05) is 6.54 Å². The van der Waals surface area contributed by atoms with Gasteiger partial charge in [0.15, 0.2) is 0 Å². The minimum absolute atomic E-state index is 0.0512. The van der Waals surface area contributed by atoms with Gasteiger partial charge >= 0.3 is 0 Å². The van der Waals surface area contributed by atoms with Gasteiger partial charge in [-0.2, -0.15) is 5.10 Å². The smallest absolute Gasteiger partial charge is 0.261 e. The van der Waals surface area contributed by atoms with E-state index < -0.39 is 0 Å². The van der Waals surface area contributed by atoms with Crippen LogP contribution < -0.4 is 5.32 Å². The molecule has 3 rings (SSSR count). The monoisotopic (exact) mass is 331 g/mol. The van der Waals surface area contributed by atoms with Crippen molar-refractivity contribution in [2.24, 2.45) is 0 Å². The fourth-order valence-corrected chi connectivity index (χ4v) is 3.48. The highest BCUT2D eigenvalue weighted by Gasteiger charge is 2.16. The Bertz CT molecular complexity index is 836. The third kappa shape index (κ3) is 3.12. The highest BCUT2D eigenvalue weighted by atomic mass is 32.1. The molecule has 0 saturated heterocycles. The second-order valence-electron chi connectivity index (χ2n) is 5.41. The maximum absolute atomic E-state index is 13.1. The molecule has 1 N–H and O–H groups in total. The zero-order valence-corrected chi connectivity index (χ0v) is 13.9. The van der Waals surface area contributed by atoms with Crippen LogP contribution in [0.4, 0.5) is 4.39 Å². The van der Waals surface area contributed by atoms with Crippen molar-refractivity contribution in [1.82, 2.24) is 15.1 Å². The van der Waals surface area contributed by atoms with E-state index in [0.717, 1.165) is 34.4 Å². The number of rotatable bonds is 5. The van der Waals surface area contributed by atoms with Crippen molar-refractivity contribution in [3.8, 4) is 5.69 Å². The van der Waals surface area contributed by atoms with Gasteiger partial charge in [0.1, 0.15) is 10.6 Å². The molecule has 0 radical (unpaired) electrons. The number of unbranched alkanes of at least 4 members (excludes halogenated alkanes) is 1. The molecule has 1 aromatic carbocycles. The van der Waals surface area contributed by atoms with Crippen LogP contribution in [0.1, 0.15) is 35.1 Å². The Morgan fingerprint density at radius 1 is 1.35 bits per heavy atom. The average Bonchev–Trinajstić information content (AvgIpc) is 3.10. The van der Waals surface area contributed by atoms with Crippen molar-refractivity contribution in [1.29, 1.82) is 0 Å². The molecule has 0 spiro atoms. The molecular formula is C17H18FN3OS. The maximum atomic E-state index is 13.1. The number of carbonyl (C=O) groups is 1. The molecule has 0 unspecified atom stereocenters. The number of aromatic nitrogens is 2. The first-order valence-corrected chi connectivity index (χ1v) is 8.45. The molecule has 120 valence electrons. The fraction of sp³-hybridized carbons (Fsp3) is 0.294. The van der Waals surface area contributed by atoms with Gasteiger partial charge in [-0.05, 0) is 43.7 Å². The lowest BCUT2D eigenvalue weighted by Crippen LogP contribution is -2.23. The highest BCUT2D eigenvalue weighted by molar-refractivity contribution is 7.20. The number of nitrogens with zero attached hydrogens (tertiary/aromatic N) is 2. The molecule has 23 heavy (non-hydrogen) atoms. The first-order chi connectivity index (χ1) is 11.1. The van der Waals surface area contributed by atoms with Crippen molar-refractivity contribution < 1.29 is 9.18 Å². The van der Waals surface area contributed by atoms with Crippen LogP contribution in [-0.2, 0) is 0 Å². The standard InChI is InChI=1S/C17H18FN3OS/c1-3-4-9-19-16(22)15-10-14-11(2)20-21(17(14)23-15)13-7-5-12(18)6-8-13/h5-8,10H,3-4,9H2,1-2H3,(H,19,22). The Hall–Kier alpha value is -2.21. The van der Waals surface area contributed by atoms with Crippen LogP contribution in [0.2, 0.25) is 0 Å². The van der Waals surface area contributed by atoms with Crippen molar-refractivity contribution in [3.05, 3.63) is 46.7 Å². The first-order valence-electron chi connectivity index (χ1n) is 7.63. The number of hydrogen-bond acceptors (Lipinski definition) is 3. The summed E-state index contributed by atoms with van der Waals surface area (Å²) in [5.74, 6) is -0.333. The van der Waals surface area contributed by atoms with E-state index in [2.05, 4.69) is 17.3 Å². The Morgan fingerprint density at radius 2 is 2.09 bits per heavy atom. The normalized spacial score (nSPS) is 11.1. The molecule has 2 heterocycles. The van der Waals surface area contributed by atoms with Crippen LogP contribution in [0, 0.1) is 12.7 Å². The molecule has 0 bridgehead atoms. The fourth-order valence-electron chi connectivity index (χ4n) is 2.38. The summed E-state index contributed by atoms with van der Waals surface area (Å²) in [7, 11) is 0. The number of benzene rings is 1. The Kier molecular flexibility index (Phi) is 4.43. The van der Waals surface area contributed by atoms with Gasteiger partial charge in [0.2, 0.25) is 0 Å². The van der Waals surface area contributed by atoms with Crippen molar-refractivity contribution in [3.63, 3.8) is 0 Å². The largest absolute Gasteiger partial charge is 0.351 e. The van der Waals surface area contributed by atoms with Crippen molar-refractivity contribution in [2.45, 2.75) is 26.7 Å². The number of aryl methyl sites for hydroxylation is 1. The van der Waals surface area contributed by atoms with E-state index in [0.29, 0.717) is 11.4 Å². The number of halogens is 1. The lowest BCUT2D eigenvalue weighted by molar-refractivity contribution is 0.0957. The molecule has 0 saturated carbocycles. The number of carbonyl (C=O) groups excluding carboxylic acids is 1. The third-order valence-electron chi connectivity index (χ3n) is 3.66. The third-order valence-corrected chi connectivity index (χ3v) is 4.76. The minimum Gasteiger partial charge on any atom is -0.351 e. The summed E-state index contributed by atoms with van der Waals surface area (Å²) in [6.45, 7) is 4.69. The second-order valence-corrected chi connectivity index (χ2v) is 6.44. The molecule has 0 aliphatic rings. The van der Waals surface area contributed by atoms with Crippen LogP contribution in [0.5, 0.6) is 0 Å². The minimum atomic E-state index is -0.281. The second kappa shape index (κ2) is 6.50.